The third kappa shape index (κ3) is 1.83. The summed E-state index contributed by atoms with van der Waals surface area (Å²) in [5.41, 5.74) is 3.58. The van der Waals surface area contributed by atoms with Crippen molar-refractivity contribution < 1.29 is 9.53 Å². The van der Waals surface area contributed by atoms with Crippen LogP contribution >= 0.6 is 23.2 Å². The Balaban J connectivity index is 2.34. The second kappa shape index (κ2) is 4.55. The first-order valence-corrected chi connectivity index (χ1v) is 6.55. The number of benzene rings is 2. The normalized spacial score (nSPS) is 15.8. The van der Waals surface area contributed by atoms with Crippen molar-refractivity contribution in [2.24, 2.45) is 0 Å². The summed E-state index contributed by atoms with van der Waals surface area (Å²) in [6.07, 6.45) is 0. The van der Waals surface area contributed by atoms with Gasteiger partial charge >= 0.3 is 5.97 Å². The largest absolute Gasteiger partial charge is 0.468 e. The van der Waals surface area contributed by atoms with E-state index in [0.717, 1.165) is 22.3 Å². The van der Waals surface area contributed by atoms with Crippen molar-refractivity contribution >= 4 is 29.2 Å². The maximum atomic E-state index is 12.1. The molecule has 0 heterocycles. The van der Waals surface area contributed by atoms with Crippen LogP contribution in [0, 0.1) is 0 Å². The summed E-state index contributed by atoms with van der Waals surface area (Å²) < 4.78 is 4.90. The standard InChI is InChI=1S/C15H10Cl2O2/c1-19-15(18)14-10-5-3-2-4-9(10)11-6-8(16)7-12(17)13(11)14/h2-7,14H,1H3. The van der Waals surface area contributed by atoms with Crippen molar-refractivity contribution in [3.63, 3.8) is 0 Å². The molecule has 19 heavy (non-hydrogen) atoms. The molecule has 3 rings (SSSR count). The number of halogens is 2. The number of carbonyl (C=O) groups excluding carboxylic acids is 1. The quantitative estimate of drug-likeness (QED) is 0.734. The zero-order valence-electron chi connectivity index (χ0n) is 10.1. The van der Waals surface area contributed by atoms with Crippen LogP contribution in [0.15, 0.2) is 36.4 Å². The average Bonchev–Trinajstić information content (AvgIpc) is 2.73. The van der Waals surface area contributed by atoms with Crippen LogP contribution in [0.3, 0.4) is 0 Å². The fourth-order valence-corrected chi connectivity index (χ4v) is 3.22. The van der Waals surface area contributed by atoms with E-state index in [1.807, 2.05) is 30.3 Å². The highest BCUT2D eigenvalue weighted by atomic mass is 35.5. The summed E-state index contributed by atoms with van der Waals surface area (Å²) in [6, 6.07) is 11.2. The van der Waals surface area contributed by atoms with Crippen molar-refractivity contribution in [1.29, 1.82) is 0 Å². The van der Waals surface area contributed by atoms with Crippen LogP contribution in [0.5, 0.6) is 0 Å². The molecule has 0 N–H and O–H groups in total. The number of hydrogen-bond donors (Lipinski definition) is 0. The predicted molar refractivity (Wildman–Crippen MR) is 75.8 cm³/mol. The lowest BCUT2D eigenvalue weighted by atomic mass is 9.97. The van der Waals surface area contributed by atoms with E-state index in [0.29, 0.717) is 10.0 Å². The molecule has 1 unspecified atom stereocenters. The molecule has 2 aromatic rings. The number of ether oxygens (including phenoxy) is 1. The molecule has 0 aromatic heterocycles. The van der Waals surface area contributed by atoms with E-state index in [1.165, 1.54) is 7.11 Å². The van der Waals surface area contributed by atoms with Crippen LogP contribution in [-0.2, 0) is 9.53 Å². The number of rotatable bonds is 1. The molecule has 2 nitrogen and oxygen atoms in total. The molecule has 1 atom stereocenters. The topological polar surface area (TPSA) is 26.3 Å². The molecule has 0 saturated carbocycles. The Labute approximate surface area is 120 Å². The van der Waals surface area contributed by atoms with Gasteiger partial charge in [0.1, 0.15) is 5.92 Å². The van der Waals surface area contributed by atoms with E-state index in [-0.39, 0.29) is 5.97 Å². The van der Waals surface area contributed by atoms with Crippen molar-refractivity contribution in [2.75, 3.05) is 7.11 Å². The zero-order valence-corrected chi connectivity index (χ0v) is 11.6. The second-order valence-corrected chi connectivity index (χ2v) is 5.24. The van der Waals surface area contributed by atoms with Crippen LogP contribution in [0.25, 0.3) is 11.1 Å². The summed E-state index contributed by atoms with van der Waals surface area (Å²) in [7, 11) is 1.38. The molecule has 1 aliphatic carbocycles. The number of carbonyl (C=O) groups is 1. The van der Waals surface area contributed by atoms with E-state index >= 15 is 0 Å². The van der Waals surface area contributed by atoms with Gasteiger partial charge in [-0.2, -0.15) is 0 Å². The highest BCUT2D eigenvalue weighted by Gasteiger charge is 2.36. The molecule has 4 heteroatoms. The Hall–Kier alpha value is -1.51. The zero-order chi connectivity index (χ0) is 13.6. The molecule has 0 fully saturated rings. The second-order valence-electron chi connectivity index (χ2n) is 4.39. The van der Waals surface area contributed by atoms with Crippen molar-refractivity contribution in [2.45, 2.75) is 5.92 Å². The molecule has 0 bridgehead atoms. The third-order valence-electron chi connectivity index (χ3n) is 3.38. The van der Waals surface area contributed by atoms with E-state index < -0.39 is 5.92 Å². The Morgan fingerprint density at radius 3 is 2.63 bits per heavy atom. The van der Waals surface area contributed by atoms with Crippen LogP contribution in [-0.4, -0.2) is 13.1 Å². The number of hydrogen-bond acceptors (Lipinski definition) is 2. The van der Waals surface area contributed by atoms with E-state index in [1.54, 1.807) is 6.07 Å². The highest BCUT2D eigenvalue weighted by Crippen LogP contribution is 2.49. The van der Waals surface area contributed by atoms with Gasteiger partial charge < -0.3 is 4.74 Å². The van der Waals surface area contributed by atoms with Gasteiger partial charge in [0.25, 0.3) is 0 Å². The molecule has 0 saturated heterocycles. The Kier molecular flexibility index (Phi) is 3.00. The molecule has 96 valence electrons. The van der Waals surface area contributed by atoms with E-state index in [9.17, 15) is 4.79 Å². The summed E-state index contributed by atoms with van der Waals surface area (Å²) in [6.45, 7) is 0. The fraction of sp³-hybridized carbons (Fsp3) is 0.133. The minimum atomic E-state index is -0.471. The van der Waals surface area contributed by atoms with Crippen molar-refractivity contribution in [1.82, 2.24) is 0 Å². The lowest BCUT2D eigenvalue weighted by Crippen LogP contribution is -2.13. The molecule has 0 aliphatic heterocycles. The van der Waals surface area contributed by atoms with Gasteiger partial charge in [-0.05, 0) is 34.4 Å². The van der Waals surface area contributed by atoms with Crippen LogP contribution in [0.1, 0.15) is 17.0 Å². The Bertz CT molecular complexity index is 680. The monoisotopic (exact) mass is 292 g/mol. The van der Waals surface area contributed by atoms with Gasteiger partial charge in [-0.3, -0.25) is 4.79 Å². The summed E-state index contributed by atoms with van der Waals surface area (Å²) in [5.74, 6) is -0.781. The van der Waals surface area contributed by atoms with Gasteiger partial charge in [0.15, 0.2) is 0 Å². The van der Waals surface area contributed by atoms with Crippen LogP contribution < -0.4 is 0 Å². The Morgan fingerprint density at radius 1 is 1.16 bits per heavy atom. The Morgan fingerprint density at radius 2 is 1.89 bits per heavy atom. The lowest BCUT2D eigenvalue weighted by Gasteiger charge is -2.12. The summed E-state index contributed by atoms with van der Waals surface area (Å²) in [4.78, 5) is 12.1. The minimum Gasteiger partial charge on any atom is -0.468 e. The lowest BCUT2D eigenvalue weighted by molar-refractivity contribution is -0.141. The van der Waals surface area contributed by atoms with Gasteiger partial charge in [-0.15, -0.1) is 0 Å². The molecule has 1 aliphatic rings. The SMILES string of the molecule is COC(=O)C1c2ccccc2-c2cc(Cl)cc(Cl)c21. The fourth-order valence-electron chi connectivity index (χ4n) is 2.61. The minimum absolute atomic E-state index is 0.310. The first-order chi connectivity index (χ1) is 9.13. The average molecular weight is 293 g/mol. The number of fused-ring (bicyclic) bond motifs is 3. The van der Waals surface area contributed by atoms with E-state index in [4.69, 9.17) is 27.9 Å². The maximum absolute atomic E-state index is 12.1. The number of esters is 1. The predicted octanol–water partition coefficient (Wildman–Crippen LogP) is 4.28. The summed E-state index contributed by atoms with van der Waals surface area (Å²) in [5, 5.41) is 1.05. The molecular weight excluding hydrogens is 283 g/mol. The van der Waals surface area contributed by atoms with Gasteiger partial charge in [0.2, 0.25) is 0 Å². The van der Waals surface area contributed by atoms with Crippen molar-refractivity contribution in [3.05, 3.63) is 57.6 Å². The first kappa shape index (κ1) is 12.5. The van der Waals surface area contributed by atoms with Gasteiger partial charge in [0.05, 0.1) is 7.11 Å². The highest BCUT2D eigenvalue weighted by molar-refractivity contribution is 6.36. The van der Waals surface area contributed by atoms with Gasteiger partial charge in [0, 0.05) is 10.0 Å². The molecule has 0 spiro atoms. The molecular formula is C15H10Cl2O2. The van der Waals surface area contributed by atoms with Crippen LogP contribution in [0.2, 0.25) is 10.0 Å². The summed E-state index contributed by atoms with van der Waals surface area (Å²) >= 11 is 12.3. The van der Waals surface area contributed by atoms with Crippen molar-refractivity contribution in [3.8, 4) is 11.1 Å². The van der Waals surface area contributed by atoms with E-state index in [2.05, 4.69) is 0 Å². The maximum Gasteiger partial charge on any atom is 0.317 e. The molecule has 0 radical (unpaired) electrons. The first-order valence-electron chi connectivity index (χ1n) is 5.79. The number of methoxy groups -OCH3 is 1. The molecule has 2 aromatic carbocycles. The van der Waals surface area contributed by atoms with Crippen LogP contribution in [0.4, 0.5) is 0 Å². The molecule has 0 amide bonds. The third-order valence-corrected chi connectivity index (χ3v) is 3.91. The smallest absolute Gasteiger partial charge is 0.317 e. The van der Waals surface area contributed by atoms with Gasteiger partial charge in [-0.1, -0.05) is 47.5 Å². The van der Waals surface area contributed by atoms with Gasteiger partial charge in [-0.25, -0.2) is 0 Å².